The number of benzene rings is 2. The molecular formula is C17H20ClNO2. The first kappa shape index (κ1) is 17.2. The lowest BCUT2D eigenvalue weighted by molar-refractivity contribution is -0.143. The molecule has 3 nitrogen and oxygen atoms in total. The lowest BCUT2D eigenvalue weighted by Gasteiger charge is -2.12. The molecule has 0 bridgehead atoms. The molecule has 2 aromatic rings. The third-order valence-electron chi connectivity index (χ3n) is 3.11. The predicted octanol–water partition coefficient (Wildman–Crippen LogP) is 3.73. The third-order valence-corrected chi connectivity index (χ3v) is 3.11. The molecule has 0 radical (unpaired) electrons. The van der Waals surface area contributed by atoms with Crippen molar-refractivity contribution in [2.24, 2.45) is 5.73 Å². The van der Waals surface area contributed by atoms with E-state index in [1.165, 1.54) is 0 Å². The third kappa shape index (κ3) is 4.88. The molecule has 2 aromatic carbocycles. The Morgan fingerprint density at radius 1 is 1.10 bits per heavy atom. The number of nitrogens with two attached hydrogens (primary N) is 1. The molecule has 0 aliphatic rings. The molecule has 1 atom stereocenters. The molecule has 0 heterocycles. The first-order chi connectivity index (χ1) is 9.70. The van der Waals surface area contributed by atoms with Gasteiger partial charge in [0.1, 0.15) is 0 Å². The van der Waals surface area contributed by atoms with E-state index < -0.39 is 0 Å². The summed E-state index contributed by atoms with van der Waals surface area (Å²) in [5.41, 5.74) is 9.25. The van der Waals surface area contributed by atoms with E-state index in [0.717, 1.165) is 16.7 Å². The van der Waals surface area contributed by atoms with Crippen molar-refractivity contribution in [3.63, 3.8) is 0 Å². The molecular weight excluding hydrogens is 286 g/mol. The second-order valence-electron chi connectivity index (χ2n) is 4.61. The minimum atomic E-state index is -0.335. The van der Waals surface area contributed by atoms with Gasteiger partial charge in [0.15, 0.2) is 0 Å². The van der Waals surface area contributed by atoms with E-state index >= 15 is 0 Å². The van der Waals surface area contributed by atoms with Gasteiger partial charge in [0, 0.05) is 6.04 Å². The van der Waals surface area contributed by atoms with Crippen LogP contribution in [0.2, 0.25) is 0 Å². The first-order valence-electron chi connectivity index (χ1n) is 6.77. The van der Waals surface area contributed by atoms with Crippen molar-refractivity contribution in [1.82, 2.24) is 0 Å². The maximum absolute atomic E-state index is 11.5. The van der Waals surface area contributed by atoms with Crippen molar-refractivity contribution in [2.75, 3.05) is 6.61 Å². The largest absolute Gasteiger partial charge is 0.466 e. The van der Waals surface area contributed by atoms with E-state index in [4.69, 9.17) is 10.5 Å². The standard InChI is InChI=1S/C17H19NO2.ClH/c1-2-20-17(19)12-16(18)15-10-6-9-14(11-15)13-7-4-3-5-8-13;/h3-11,16H,2,12,18H2,1H3;1H/t16-;/m1./s1. The highest BCUT2D eigenvalue weighted by atomic mass is 35.5. The Kier molecular flexibility index (Phi) is 6.92. The zero-order valence-corrected chi connectivity index (χ0v) is 12.8. The van der Waals surface area contributed by atoms with Crippen LogP contribution in [0.1, 0.15) is 24.9 Å². The van der Waals surface area contributed by atoms with Gasteiger partial charge in [-0.3, -0.25) is 4.79 Å². The highest BCUT2D eigenvalue weighted by Gasteiger charge is 2.13. The fourth-order valence-electron chi connectivity index (χ4n) is 2.10. The molecule has 0 amide bonds. The molecule has 0 unspecified atom stereocenters. The molecule has 0 saturated heterocycles. The SMILES string of the molecule is CCOC(=O)C[C@@H](N)c1cccc(-c2ccccc2)c1.Cl. The Morgan fingerprint density at radius 3 is 2.43 bits per heavy atom. The summed E-state index contributed by atoms with van der Waals surface area (Å²) < 4.78 is 4.93. The van der Waals surface area contributed by atoms with Gasteiger partial charge in [-0.25, -0.2) is 0 Å². The normalized spacial score (nSPS) is 11.3. The fourth-order valence-corrected chi connectivity index (χ4v) is 2.10. The second kappa shape index (κ2) is 8.45. The Bertz CT molecular complexity index is 572. The Hall–Kier alpha value is -1.84. The van der Waals surface area contributed by atoms with Crippen LogP contribution in [0.5, 0.6) is 0 Å². The second-order valence-corrected chi connectivity index (χ2v) is 4.61. The lowest BCUT2D eigenvalue weighted by atomic mass is 9.98. The summed E-state index contributed by atoms with van der Waals surface area (Å²) >= 11 is 0. The number of carbonyl (C=O) groups excluding carboxylic acids is 1. The van der Waals surface area contributed by atoms with Crippen LogP contribution in [-0.4, -0.2) is 12.6 Å². The fraction of sp³-hybridized carbons (Fsp3) is 0.235. The number of hydrogen-bond donors (Lipinski definition) is 1. The molecule has 0 aromatic heterocycles. The highest BCUT2D eigenvalue weighted by molar-refractivity contribution is 5.85. The van der Waals surface area contributed by atoms with Crippen LogP contribution in [-0.2, 0) is 9.53 Å². The number of halogens is 1. The van der Waals surface area contributed by atoms with Crippen molar-refractivity contribution in [3.8, 4) is 11.1 Å². The molecule has 0 aliphatic carbocycles. The van der Waals surface area contributed by atoms with Gasteiger partial charge in [-0.05, 0) is 29.7 Å². The predicted molar refractivity (Wildman–Crippen MR) is 87.3 cm³/mol. The average Bonchev–Trinajstić information content (AvgIpc) is 2.48. The zero-order chi connectivity index (χ0) is 14.4. The van der Waals surface area contributed by atoms with Crippen LogP contribution >= 0.6 is 12.4 Å². The van der Waals surface area contributed by atoms with Crippen molar-refractivity contribution in [1.29, 1.82) is 0 Å². The molecule has 21 heavy (non-hydrogen) atoms. The molecule has 0 spiro atoms. The minimum Gasteiger partial charge on any atom is -0.466 e. The van der Waals surface area contributed by atoms with Gasteiger partial charge in [-0.15, -0.1) is 12.4 Å². The van der Waals surface area contributed by atoms with E-state index in [-0.39, 0.29) is 30.8 Å². The monoisotopic (exact) mass is 305 g/mol. The molecule has 2 rings (SSSR count). The smallest absolute Gasteiger partial charge is 0.307 e. The van der Waals surface area contributed by atoms with Crippen LogP contribution in [0.3, 0.4) is 0 Å². The van der Waals surface area contributed by atoms with Gasteiger partial charge in [0.05, 0.1) is 13.0 Å². The van der Waals surface area contributed by atoms with E-state index in [1.54, 1.807) is 6.92 Å². The number of carbonyl (C=O) groups is 1. The molecule has 4 heteroatoms. The number of hydrogen-bond acceptors (Lipinski definition) is 3. The minimum absolute atomic E-state index is 0. The maximum atomic E-state index is 11.5. The van der Waals surface area contributed by atoms with E-state index in [2.05, 4.69) is 12.1 Å². The summed E-state index contributed by atoms with van der Waals surface area (Å²) in [7, 11) is 0. The summed E-state index contributed by atoms with van der Waals surface area (Å²) in [6.07, 6.45) is 0.200. The first-order valence-corrected chi connectivity index (χ1v) is 6.77. The summed E-state index contributed by atoms with van der Waals surface area (Å²) in [4.78, 5) is 11.5. The molecule has 2 N–H and O–H groups in total. The number of esters is 1. The van der Waals surface area contributed by atoms with E-state index in [0.29, 0.717) is 6.61 Å². The quantitative estimate of drug-likeness (QED) is 0.856. The Morgan fingerprint density at radius 2 is 1.76 bits per heavy atom. The number of rotatable bonds is 5. The lowest BCUT2D eigenvalue weighted by Crippen LogP contribution is -2.17. The van der Waals surface area contributed by atoms with Gasteiger partial charge in [0.25, 0.3) is 0 Å². The van der Waals surface area contributed by atoms with Crippen LogP contribution < -0.4 is 5.73 Å². The van der Waals surface area contributed by atoms with Crippen molar-refractivity contribution in [3.05, 3.63) is 60.2 Å². The summed E-state index contributed by atoms with van der Waals surface area (Å²) in [5.74, 6) is -0.259. The molecule has 0 aliphatic heterocycles. The van der Waals surface area contributed by atoms with Crippen LogP contribution in [0.4, 0.5) is 0 Å². The maximum Gasteiger partial charge on any atom is 0.307 e. The van der Waals surface area contributed by atoms with Gasteiger partial charge in [-0.2, -0.15) is 0 Å². The Balaban J connectivity index is 0.00000220. The van der Waals surface area contributed by atoms with E-state index in [1.807, 2.05) is 42.5 Å². The van der Waals surface area contributed by atoms with Crippen LogP contribution in [0, 0.1) is 0 Å². The Labute approximate surface area is 131 Å². The summed E-state index contributed by atoms with van der Waals surface area (Å²) in [6, 6.07) is 17.7. The highest BCUT2D eigenvalue weighted by Crippen LogP contribution is 2.23. The van der Waals surface area contributed by atoms with Crippen molar-refractivity contribution in [2.45, 2.75) is 19.4 Å². The molecule has 0 fully saturated rings. The van der Waals surface area contributed by atoms with Crippen molar-refractivity contribution >= 4 is 18.4 Å². The van der Waals surface area contributed by atoms with Gasteiger partial charge < -0.3 is 10.5 Å². The van der Waals surface area contributed by atoms with Crippen LogP contribution in [0.15, 0.2) is 54.6 Å². The summed E-state index contributed by atoms with van der Waals surface area (Å²) in [5, 5.41) is 0. The summed E-state index contributed by atoms with van der Waals surface area (Å²) in [6.45, 7) is 2.18. The zero-order valence-electron chi connectivity index (χ0n) is 12.0. The van der Waals surface area contributed by atoms with Crippen LogP contribution in [0.25, 0.3) is 11.1 Å². The molecule has 0 saturated carbocycles. The van der Waals surface area contributed by atoms with Gasteiger partial charge >= 0.3 is 5.97 Å². The average molecular weight is 306 g/mol. The van der Waals surface area contributed by atoms with Crippen molar-refractivity contribution < 1.29 is 9.53 Å². The van der Waals surface area contributed by atoms with Gasteiger partial charge in [0.2, 0.25) is 0 Å². The van der Waals surface area contributed by atoms with E-state index in [9.17, 15) is 4.79 Å². The topological polar surface area (TPSA) is 52.3 Å². The van der Waals surface area contributed by atoms with Gasteiger partial charge in [-0.1, -0.05) is 48.5 Å². The number of ether oxygens (including phenoxy) is 1. The molecule has 112 valence electrons.